The summed E-state index contributed by atoms with van der Waals surface area (Å²) >= 11 is 2.13. The first-order valence-corrected chi connectivity index (χ1v) is 12.2. The Hall–Kier alpha value is -2.10. The number of ether oxygens (including phenoxy) is 2. The smallest absolute Gasteiger partial charge is 0.475 e. The zero-order valence-corrected chi connectivity index (χ0v) is 20.4. The first kappa shape index (κ1) is 31.1. The number of rotatable bonds is 5. The van der Waals surface area contributed by atoms with E-state index in [1.165, 1.54) is 43.8 Å². The number of hydrogen-bond donors (Lipinski definition) is 2. The van der Waals surface area contributed by atoms with Gasteiger partial charge < -0.3 is 19.7 Å². The number of aliphatic carboxylic acids is 2. The Balaban J connectivity index is 0.000000286. The predicted octanol–water partition coefficient (Wildman–Crippen LogP) is 3.85. The number of alkyl halides is 6. The molecule has 0 saturated carbocycles. The van der Waals surface area contributed by atoms with Gasteiger partial charge in [-0.2, -0.15) is 26.3 Å². The van der Waals surface area contributed by atoms with Gasteiger partial charge in [0.05, 0.1) is 11.8 Å². The van der Waals surface area contributed by atoms with Crippen molar-refractivity contribution in [1.82, 2.24) is 9.88 Å². The van der Waals surface area contributed by atoms with Crippen LogP contribution in [0.5, 0.6) is 0 Å². The molecule has 8 nitrogen and oxygen atoms in total. The van der Waals surface area contributed by atoms with Gasteiger partial charge in [-0.3, -0.25) is 9.88 Å². The lowest BCUT2D eigenvalue weighted by Gasteiger charge is -2.47. The molecule has 2 N–H and O–H groups in total. The summed E-state index contributed by atoms with van der Waals surface area (Å²) in [4.78, 5) is 24.7. The lowest BCUT2D eigenvalue weighted by Crippen LogP contribution is -2.58. The number of halogens is 6. The van der Waals surface area contributed by atoms with E-state index in [0.717, 1.165) is 26.4 Å². The number of pyridine rings is 1. The van der Waals surface area contributed by atoms with Gasteiger partial charge >= 0.3 is 24.3 Å². The minimum atomic E-state index is -5.08. The quantitative estimate of drug-likeness (QED) is 0.518. The van der Waals surface area contributed by atoms with Crippen LogP contribution in [-0.2, 0) is 25.6 Å². The van der Waals surface area contributed by atoms with Crippen molar-refractivity contribution in [2.45, 2.75) is 49.0 Å². The Morgan fingerprint density at radius 2 is 1.65 bits per heavy atom. The molecule has 3 aliphatic heterocycles. The van der Waals surface area contributed by atoms with Crippen LogP contribution in [0.25, 0.3) is 0 Å². The highest BCUT2D eigenvalue weighted by Gasteiger charge is 2.49. The average molecular weight is 563 g/mol. The summed E-state index contributed by atoms with van der Waals surface area (Å²) in [5.41, 5.74) is 1.18. The first-order valence-electron chi connectivity index (χ1n) is 11.3. The van der Waals surface area contributed by atoms with Crippen LogP contribution in [0.4, 0.5) is 26.3 Å². The van der Waals surface area contributed by atoms with Crippen LogP contribution in [0.15, 0.2) is 24.4 Å². The molecule has 3 aliphatic rings. The molecule has 3 saturated heterocycles. The molecule has 1 aromatic heterocycles. The molecule has 0 bridgehead atoms. The molecule has 1 aromatic rings. The fourth-order valence-electron chi connectivity index (χ4n) is 3.92. The molecule has 0 aromatic carbocycles. The molecule has 0 amide bonds. The summed E-state index contributed by atoms with van der Waals surface area (Å²) in [6, 6.07) is 6.17. The van der Waals surface area contributed by atoms with Crippen molar-refractivity contribution < 1.29 is 55.6 Å². The highest BCUT2D eigenvalue weighted by molar-refractivity contribution is 8.01. The van der Waals surface area contributed by atoms with Crippen molar-refractivity contribution in [3.8, 4) is 0 Å². The number of aromatic nitrogens is 1. The van der Waals surface area contributed by atoms with Crippen LogP contribution in [0, 0.1) is 5.92 Å². The Labute approximate surface area is 213 Å². The van der Waals surface area contributed by atoms with E-state index in [2.05, 4.69) is 33.8 Å². The number of thioether (sulfide) groups is 1. The van der Waals surface area contributed by atoms with Gasteiger partial charge in [0.2, 0.25) is 0 Å². The largest absolute Gasteiger partial charge is 0.490 e. The lowest BCUT2D eigenvalue weighted by molar-refractivity contribution is -0.193. The predicted molar refractivity (Wildman–Crippen MR) is 120 cm³/mol. The molecule has 1 atom stereocenters. The number of carbonyl (C=O) groups is 2. The Morgan fingerprint density at radius 1 is 1.08 bits per heavy atom. The molecule has 4 heterocycles. The van der Waals surface area contributed by atoms with Crippen LogP contribution in [0.3, 0.4) is 0 Å². The number of carboxylic acid groups (broad SMARTS) is 2. The monoisotopic (exact) mass is 562 g/mol. The standard InChI is InChI=1S/C18H26N2O2S.2C2HF3O2/c1-2-6-19-16(3-1)10-20-13-18(14-20)9-17(12-23-18)22-11-15-4-7-21-8-5-15;2*3-2(4,5)1(6)7/h1-3,6,15,17H,4-5,7-14H2;2*(H,6,7). The minimum Gasteiger partial charge on any atom is -0.475 e. The maximum absolute atomic E-state index is 10.6. The third kappa shape index (κ3) is 11.0. The van der Waals surface area contributed by atoms with E-state index in [-0.39, 0.29) is 0 Å². The third-order valence-electron chi connectivity index (χ3n) is 5.70. The maximum Gasteiger partial charge on any atom is 0.490 e. The summed E-state index contributed by atoms with van der Waals surface area (Å²) in [7, 11) is 0. The zero-order valence-electron chi connectivity index (χ0n) is 19.6. The number of hydrogen-bond acceptors (Lipinski definition) is 7. The molecule has 1 unspecified atom stereocenters. The van der Waals surface area contributed by atoms with Gasteiger partial charge in [-0.15, -0.1) is 11.8 Å². The average Bonchev–Trinajstić information content (AvgIpc) is 3.23. The van der Waals surface area contributed by atoms with E-state index >= 15 is 0 Å². The summed E-state index contributed by atoms with van der Waals surface area (Å²) in [6.45, 7) is 6.12. The van der Waals surface area contributed by atoms with Crippen LogP contribution in [0.1, 0.15) is 25.0 Å². The van der Waals surface area contributed by atoms with Crippen molar-refractivity contribution in [2.24, 2.45) is 5.92 Å². The number of carboxylic acids is 2. The normalized spacial score (nSPS) is 21.7. The molecular formula is C22H28F6N2O6S. The summed E-state index contributed by atoms with van der Waals surface area (Å²) in [5, 5.41) is 14.2. The van der Waals surface area contributed by atoms with Crippen molar-refractivity contribution in [3.63, 3.8) is 0 Å². The first-order chi connectivity index (χ1) is 17.2. The van der Waals surface area contributed by atoms with Crippen molar-refractivity contribution >= 4 is 23.7 Å². The number of likely N-dealkylation sites (tertiary alicyclic amines) is 1. The molecule has 1 spiro atoms. The topological polar surface area (TPSA) is 109 Å². The van der Waals surface area contributed by atoms with Gasteiger partial charge in [0.15, 0.2) is 0 Å². The summed E-state index contributed by atoms with van der Waals surface area (Å²) in [6.07, 6.45) is -4.26. The highest BCUT2D eigenvalue weighted by Crippen LogP contribution is 2.46. The van der Waals surface area contributed by atoms with E-state index < -0.39 is 24.3 Å². The lowest BCUT2D eigenvalue weighted by atomic mass is 9.92. The highest BCUT2D eigenvalue weighted by atomic mass is 32.2. The van der Waals surface area contributed by atoms with Crippen LogP contribution in [-0.4, -0.2) is 93.9 Å². The van der Waals surface area contributed by atoms with E-state index in [9.17, 15) is 26.3 Å². The van der Waals surface area contributed by atoms with Crippen LogP contribution >= 0.6 is 11.8 Å². The second kappa shape index (κ2) is 13.6. The second-order valence-electron chi connectivity index (χ2n) is 8.78. The molecule has 37 heavy (non-hydrogen) atoms. The zero-order chi connectivity index (χ0) is 27.7. The van der Waals surface area contributed by atoms with E-state index in [1.807, 2.05) is 12.3 Å². The fraction of sp³-hybridized carbons (Fsp3) is 0.682. The van der Waals surface area contributed by atoms with Gasteiger partial charge in [-0.05, 0) is 37.3 Å². The molecule has 210 valence electrons. The van der Waals surface area contributed by atoms with Crippen molar-refractivity contribution in [2.75, 3.05) is 38.7 Å². The van der Waals surface area contributed by atoms with Gasteiger partial charge in [0, 0.05) is 56.2 Å². The maximum atomic E-state index is 10.6. The third-order valence-corrected chi connectivity index (χ3v) is 7.28. The van der Waals surface area contributed by atoms with E-state index in [0.29, 0.717) is 16.8 Å². The van der Waals surface area contributed by atoms with Crippen molar-refractivity contribution in [3.05, 3.63) is 30.1 Å². The molecule has 15 heteroatoms. The van der Waals surface area contributed by atoms with Gasteiger partial charge in [0.1, 0.15) is 0 Å². The fourth-order valence-corrected chi connectivity index (χ4v) is 5.52. The Morgan fingerprint density at radius 3 is 2.14 bits per heavy atom. The molecule has 0 radical (unpaired) electrons. The summed E-state index contributed by atoms with van der Waals surface area (Å²) in [5.74, 6) is -3.63. The van der Waals surface area contributed by atoms with Crippen molar-refractivity contribution in [1.29, 1.82) is 0 Å². The van der Waals surface area contributed by atoms with Gasteiger partial charge in [-0.1, -0.05) is 6.07 Å². The number of nitrogens with zero attached hydrogens (tertiary/aromatic N) is 2. The summed E-state index contributed by atoms with van der Waals surface area (Å²) < 4.78 is 75.6. The van der Waals surface area contributed by atoms with Gasteiger partial charge in [0.25, 0.3) is 0 Å². The second-order valence-corrected chi connectivity index (χ2v) is 10.3. The SMILES string of the molecule is O=C(O)C(F)(F)F.O=C(O)C(F)(F)F.c1ccc(CN2CC3(CC(OCC4CCOCC4)CS3)C2)nc1. The van der Waals surface area contributed by atoms with Gasteiger partial charge in [-0.25, -0.2) is 9.59 Å². The Bertz CT molecular complexity index is 837. The van der Waals surface area contributed by atoms with Crippen LogP contribution in [0.2, 0.25) is 0 Å². The Kier molecular flexibility index (Phi) is 11.5. The van der Waals surface area contributed by atoms with E-state index in [1.54, 1.807) is 0 Å². The molecular weight excluding hydrogens is 534 g/mol. The molecule has 3 fully saturated rings. The molecule has 4 rings (SSSR count). The molecule has 0 aliphatic carbocycles. The van der Waals surface area contributed by atoms with Crippen LogP contribution < -0.4 is 0 Å². The van der Waals surface area contributed by atoms with E-state index in [4.69, 9.17) is 29.3 Å². The minimum absolute atomic E-state index is 0.453.